The zero-order valence-corrected chi connectivity index (χ0v) is 13.7. The molecule has 128 valence electrons. The summed E-state index contributed by atoms with van der Waals surface area (Å²) in [6.07, 6.45) is -1.43. The highest BCUT2D eigenvalue weighted by Crippen LogP contribution is 2.27. The fourth-order valence-electron chi connectivity index (χ4n) is 3.50. The van der Waals surface area contributed by atoms with Gasteiger partial charge in [0.25, 0.3) is 0 Å². The third-order valence-corrected chi connectivity index (χ3v) is 4.78. The van der Waals surface area contributed by atoms with Gasteiger partial charge in [0.15, 0.2) is 0 Å². The maximum atomic E-state index is 10.5. The Morgan fingerprint density at radius 3 is 1.67 bits per heavy atom. The first-order valence-electron chi connectivity index (χ1n) is 8.51. The Morgan fingerprint density at radius 2 is 1.17 bits per heavy atom. The molecule has 0 amide bonds. The lowest BCUT2D eigenvalue weighted by Crippen LogP contribution is -2.57. The van der Waals surface area contributed by atoms with Crippen LogP contribution in [0.1, 0.15) is 24.0 Å². The Kier molecular flexibility index (Phi) is 5.63. The molecular weight excluding hydrogens is 302 g/mol. The van der Waals surface area contributed by atoms with Crippen LogP contribution in [0.4, 0.5) is 0 Å². The van der Waals surface area contributed by atoms with Crippen LogP contribution in [-0.2, 0) is 13.1 Å². The number of rotatable bonds is 5. The second-order valence-electron chi connectivity index (χ2n) is 6.57. The molecule has 4 nitrogen and oxygen atoms in total. The Morgan fingerprint density at radius 1 is 0.708 bits per heavy atom. The molecule has 1 fully saturated rings. The van der Waals surface area contributed by atoms with Crippen molar-refractivity contribution in [1.29, 1.82) is 0 Å². The van der Waals surface area contributed by atoms with E-state index in [4.69, 9.17) is 0 Å². The predicted molar refractivity (Wildman–Crippen MR) is 93.2 cm³/mol. The van der Waals surface area contributed by atoms with Gasteiger partial charge in [0.2, 0.25) is 0 Å². The SMILES string of the molecule is O[C@H]1[C@@H](N(Cc2ccccc2)Cc2ccccc2)[C@@H](O)CC[C@@H]1O. The molecule has 0 saturated heterocycles. The largest absolute Gasteiger partial charge is 0.391 e. The topological polar surface area (TPSA) is 63.9 Å². The van der Waals surface area contributed by atoms with Gasteiger partial charge in [-0.15, -0.1) is 0 Å². The summed E-state index contributed by atoms with van der Waals surface area (Å²) in [5.41, 5.74) is 2.24. The van der Waals surface area contributed by atoms with E-state index in [0.717, 1.165) is 11.1 Å². The van der Waals surface area contributed by atoms with E-state index in [1.165, 1.54) is 0 Å². The number of nitrogens with zero attached hydrogens (tertiary/aromatic N) is 1. The first-order valence-corrected chi connectivity index (χ1v) is 8.51. The number of aliphatic hydroxyl groups is 3. The molecule has 4 heteroatoms. The van der Waals surface area contributed by atoms with Crippen molar-refractivity contribution in [3.63, 3.8) is 0 Å². The van der Waals surface area contributed by atoms with E-state index in [2.05, 4.69) is 4.90 Å². The summed E-state index contributed by atoms with van der Waals surface area (Å²) in [7, 11) is 0. The standard InChI is InChI=1S/C20H25NO3/c22-17-11-12-18(23)20(24)19(17)21(13-15-7-3-1-4-8-15)14-16-9-5-2-6-10-16/h1-10,17-20,22-24H,11-14H2/t17-,18-,19-,20+/m0/s1. The lowest BCUT2D eigenvalue weighted by molar-refractivity contribution is -0.117. The molecule has 0 aliphatic heterocycles. The molecule has 0 radical (unpaired) electrons. The zero-order chi connectivity index (χ0) is 16.9. The third-order valence-electron chi connectivity index (χ3n) is 4.78. The van der Waals surface area contributed by atoms with Crippen molar-refractivity contribution >= 4 is 0 Å². The monoisotopic (exact) mass is 327 g/mol. The quantitative estimate of drug-likeness (QED) is 0.785. The minimum atomic E-state index is -0.943. The molecular formula is C20H25NO3. The van der Waals surface area contributed by atoms with Crippen LogP contribution in [0.2, 0.25) is 0 Å². The van der Waals surface area contributed by atoms with Crippen molar-refractivity contribution < 1.29 is 15.3 Å². The minimum Gasteiger partial charge on any atom is -0.391 e. The van der Waals surface area contributed by atoms with E-state index in [9.17, 15) is 15.3 Å². The van der Waals surface area contributed by atoms with Gasteiger partial charge in [0.1, 0.15) is 0 Å². The molecule has 0 bridgehead atoms. The van der Waals surface area contributed by atoms with Crippen LogP contribution < -0.4 is 0 Å². The maximum absolute atomic E-state index is 10.5. The van der Waals surface area contributed by atoms with Crippen LogP contribution in [0, 0.1) is 0 Å². The first kappa shape index (κ1) is 17.1. The van der Waals surface area contributed by atoms with Crippen LogP contribution in [0.25, 0.3) is 0 Å². The van der Waals surface area contributed by atoms with Crippen molar-refractivity contribution in [3.8, 4) is 0 Å². The molecule has 0 spiro atoms. The van der Waals surface area contributed by atoms with Gasteiger partial charge < -0.3 is 15.3 Å². The highest BCUT2D eigenvalue weighted by molar-refractivity contribution is 5.18. The summed E-state index contributed by atoms with van der Waals surface area (Å²) in [5.74, 6) is 0. The predicted octanol–water partition coefficient (Wildman–Crippen LogP) is 1.93. The number of hydrogen-bond acceptors (Lipinski definition) is 4. The van der Waals surface area contributed by atoms with Crippen LogP contribution >= 0.6 is 0 Å². The molecule has 24 heavy (non-hydrogen) atoms. The summed E-state index contributed by atoms with van der Waals surface area (Å²) < 4.78 is 0. The lowest BCUT2D eigenvalue weighted by atomic mass is 9.86. The summed E-state index contributed by atoms with van der Waals surface area (Å²) in [4.78, 5) is 2.07. The highest BCUT2D eigenvalue weighted by atomic mass is 16.3. The molecule has 1 aliphatic rings. The second-order valence-corrected chi connectivity index (χ2v) is 6.57. The van der Waals surface area contributed by atoms with Gasteiger partial charge in [-0.25, -0.2) is 0 Å². The third kappa shape index (κ3) is 4.02. The van der Waals surface area contributed by atoms with E-state index >= 15 is 0 Å². The summed E-state index contributed by atoms with van der Waals surface area (Å²) >= 11 is 0. The van der Waals surface area contributed by atoms with Crippen molar-refractivity contribution in [2.24, 2.45) is 0 Å². The smallest absolute Gasteiger partial charge is 0.0979 e. The van der Waals surface area contributed by atoms with Crippen LogP contribution in [-0.4, -0.2) is 44.6 Å². The van der Waals surface area contributed by atoms with Crippen LogP contribution in [0.5, 0.6) is 0 Å². The zero-order valence-electron chi connectivity index (χ0n) is 13.7. The normalized spacial score (nSPS) is 27.3. The molecule has 1 saturated carbocycles. The Hall–Kier alpha value is -1.72. The molecule has 2 aromatic rings. The van der Waals surface area contributed by atoms with Crippen LogP contribution in [0.3, 0.4) is 0 Å². The Bertz CT molecular complexity index is 578. The van der Waals surface area contributed by atoms with Gasteiger partial charge in [0, 0.05) is 13.1 Å². The molecule has 4 atom stereocenters. The average Bonchev–Trinajstić information content (AvgIpc) is 2.60. The van der Waals surface area contributed by atoms with E-state index in [1.807, 2.05) is 60.7 Å². The maximum Gasteiger partial charge on any atom is 0.0979 e. The fourth-order valence-corrected chi connectivity index (χ4v) is 3.50. The van der Waals surface area contributed by atoms with E-state index in [1.54, 1.807) is 0 Å². The minimum absolute atomic E-state index is 0.434. The summed E-state index contributed by atoms with van der Waals surface area (Å²) in [6, 6.07) is 19.6. The van der Waals surface area contributed by atoms with Crippen molar-refractivity contribution in [3.05, 3.63) is 71.8 Å². The molecule has 0 unspecified atom stereocenters. The van der Waals surface area contributed by atoms with Crippen molar-refractivity contribution in [2.45, 2.75) is 50.3 Å². The Balaban J connectivity index is 1.85. The van der Waals surface area contributed by atoms with E-state index in [-0.39, 0.29) is 0 Å². The highest BCUT2D eigenvalue weighted by Gasteiger charge is 2.40. The molecule has 1 aliphatic carbocycles. The first-order chi connectivity index (χ1) is 11.6. The molecule has 2 aromatic carbocycles. The van der Waals surface area contributed by atoms with Gasteiger partial charge in [0.05, 0.1) is 24.4 Å². The second kappa shape index (κ2) is 7.90. The van der Waals surface area contributed by atoms with Gasteiger partial charge in [-0.05, 0) is 24.0 Å². The summed E-state index contributed by atoms with van der Waals surface area (Å²) in [5, 5.41) is 31.0. The summed E-state index contributed by atoms with van der Waals surface area (Å²) in [6.45, 7) is 1.22. The van der Waals surface area contributed by atoms with Gasteiger partial charge in [-0.3, -0.25) is 4.90 Å². The Labute approximate surface area is 143 Å². The molecule has 3 N–H and O–H groups in total. The van der Waals surface area contributed by atoms with E-state index in [0.29, 0.717) is 25.9 Å². The van der Waals surface area contributed by atoms with Crippen LogP contribution in [0.15, 0.2) is 60.7 Å². The fraction of sp³-hybridized carbons (Fsp3) is 0.400. The molecule has 0 heterocycles. The molecule has 0 aromatic heterocycles. The van der Waals surface area contributed by atoms with Crippen molar-refractivity contribution in [1.82, 2.24) is 4.90 Å². The van der Waals surface area contributed by atoms with E-state index < -0.39 is 24.4 Å². The average molecular weight is 327 g/mol. The number of benzene rings is 2. The van der Waals surface area contributed by atoms with Crippen molar-refractivity contribution in [2.75, 3.05) is 0 Å². The van der Waals surface area contributed by atoms with Gasteiger partial charge >= 0.3 is 0 Å². The van der Waals surface area contributed by atoms with Gasteiger partial charge in [-0.2, -0.15) is 0 Å². The number of hydrogen-bond donors (Lipinski definition) is 3. The van der Waals surface area contributed by atoms with Gasteiger partial charge in [-0.1, -0.05) is 60.7 Å². The molecule has 3 rings (SSSR count). The lowest BCUT2D eigenvalue weighted by Gasteiger charge is -2.42. The number of aliphatic hydroxyl groups excluding tert-OH is 3.